The zero-order chi connectivity index (χ0) is 11.4. The van der Waals surface area contributed by atoms with E-state index < -0.39 is 62.7 Å². The van der Waals surface area contributed by atoms with E-state index in [1.54, 1.807) is 0 Å². The fraction of sp³-hybridized carbons (Fsp3) is 1.00. The zero-order valence-electron chi connectivity index (χ0n) is 7.70. The van der Waals surface area contributed by atoms with Crippen LogP contribution in [-0.4, -0.2) is 89.2 Å². The van der Waals surface area contributed by atoms with Crippen molar-refractivity contribution >= 4 is 56.3 Å². The van der Waals surface area contributed by atoms with Gasteiger partial charge < -0.3 is 15.1 Å². The van der Waals surface area contributed by atoms with Crippen LogP contribution in [-0.2, 0) is 0 Å². The summed E-state index contributed by atoms with van der Waals surface area (Å²) < 4.78 is 34.7. The molecular weight excluding hydrogens is 229 g/mol. The van der Waals surface area contributed by atoms with Crippen molar-refractivity contribution in [2.45, 2.75) is 19.3 Å². The number of hydrogen-bond donors (Lipinski definition) is 3. The summed E-state index contributed by atoms with van der Waals surface area (Å²) in [6.45, 7) is 0.218. The second-order valence-electron chi connectivity index (χ2n) is 2.96. The molecule has 0 aromatic carbocycles. The average molecular weight is 239 g/mol. The standard InChI is InChI=1S/C5H7F3N.BH3O3.K/c6-4-2-1-3-9(4)5(7)8;2-1(3)4;/h4H,1-3H2;2-4H;. The molecule has 1 atom stereocenters. The summed E-state index contributed by atoms with van der Waals surface area (Å²) in [6, 6.07) is 0. The first-order valence-corrected chi connectivity index (χ1v) is 5.64. The predicted molar refractivity (Wildman–Crippen MR) is 43.9 cm³/mol. The third-order valence-corrected chi connectivity index (χ3v) is 2.58. The molecule has 1 rings (SSSR count). The molecule has 0 aromatic heterocycles. The summed E-state index contributed by atoms with van der Waals surface area (Å²) in [6.07, 6.45) is -0.566. The quantitative estimate of drug-likeness (QED) is 0.407. The van der Waals surface area contributed by atoms with E-state index in [9.17, 15) is 13.2 Å². The molecule has 1 heterocycles. The number of halogens is 3. The van der Waals surface area contributed by atoms with Gasteiger partial charge in [0.1, 0.15) is 0 Å². The van der Waals surface area contributed by atoms with Crippen molar-refractivity contribution in [1.82, 2.24) is 4.90 Å². The minimum atomic E-state index is -2.80. The smallest absolute Gasteiger partial charge is 0.402 e. The molecule has 3 N–H and O–H groups in total. The second-order valence-corrected chi connectivity index (χ2v) is 4.84. The van der Waals surface area contributed by atoms with E-state index >= 15 is 0 Å². The Morgan fingerprint density at radius 1 is 1.36 bits per heavy atom. The Morgan fingerprint density at radius 2 is 1.79 bits per heavy atom. The van der Waals surface area contributed by atoms with E-state index in [0.717, 1.165) is 0 Å². The third-order valence-electron chi connectivity index (χ3n) is 1.68. The van der Waals surface area contributed by atoms with Gasteiger partial charge in [0, 0.05) is 0 Å². The SMILES string of the molecule is FC1CCCN1[C](F)(F)[K].OB(O)O. The molecule has 1 aliphatic rings. The Labute approximate surface area is 114 Å². The Morgan fingerprint density at radius 3 is 1.93 bits per heavy atom. The maximum atomic E-state index is 12.6. The van der Waals surface area contributed by atoms with Gasteiger partial charge in [-0.3, -0.25) is 0 Å². The van der Waals surface area contributed by atoms with Crippen LogP contribution < -0.4 is 0 Å². The van der Waals surface area contributed by atoms with Crippen molar-refractivity contribution in [3.05, 3.63) is 0 Å². The molecule has 0 aliphatic carbocycles. The Bertz CT molecular complexity index is 168. The fourth-order valence-electron chi connectivity index (χ4n) is 1.17. The van der Waals surface area contributed by atoms with Crippen molar-refractivity contribution in [2.75, 3.05) is 6.54 Å². The summed E-state index contributed by atoms with van der Waals surface area (Å²) >= 11 is -0.644. The number of rotatable bonds is 1. The summed E-state index contributed by atoms with van der Waals surface area (Å²) in [4.78, 5) is 0.674. The van der Waals surface area contributed by atoms with Crippen LogP contribution in [0, 0.1) is 0 Å². The maximum Gasteiger partial charge on any atom is 0.631 e. The molecular formula is C5H10BF3KNO3. The first kappa shape index (κ1) is 15.3. The van der Waals surface area contributed by atoms with E-state index in [1.807, 2.05) is 0 Å². The van der Waals surface area contributed by atoms with Crippen molar-refractivity contribution in [2.24, 2.45) is 0 Å². The van der Waals surface area contributed by atoms with Crippen LogP contribution >= 0.6 is 0 Å². The van der Waals surface area contributed by atoms with Gasteiger partial charge in [0.15, 0.2) is 0 Å². The van der Waals surface area contributed by atoms with Gasteiger partial charge in [0.05, 0.1) is 0 Å². The molecule has 1 aliphatic heterocycles. The number of likely N-dealkylation sites (tertiary alicyclic amines) is 1. The molecule has 1 fully saturated rings. The van der Waals surface area contributed by atoms with Crippen molar-refractivity contribution in [3.63, 3.8) is 0 Å². The molecule has 9 heteroatoms. The zero-order valence-corrected chi connectivity index (χ0v) is 10.8. The molecule has 0 saturated carbocycles. The summed E-state index contributed by atoms with van der Waals surface area (Å²) in [5, 5.41) is 21.5. The normalized spacial score (nSPS) is 23.0. The van der Waals surface area contributed by atoms with E-state index in [0.29, 0.717) is 11.3 Å². The summed E-state index contributed by atoms with van der Waals surface area (Å²) in [5.41, 5.74) is 0. The summed E-state index contributed by atoms with van der Waals surface area (Å²) in [5.74, 6) is 0. The molecule has 1 saturated heterocycles. The van der Waals surface area contributed by atoms with E-state index in [1.165, 1.54) is 0 Å². The molecule has 0 radical (unpaired) electrons. The van der Waals surface area contributed by atoms with Gasteiger partial charge in [0.2, 0.25) is 0 Å². The van der Waals surface area contributed by atoms with Gasteiger partial charge in [0.25, 0.3) is 0 Å². The minimum absolute atomic E-state index is 0.218. The average Bonchev–Trinajstić information content (AvgIpc) is 2.31. The fourth-order valence-corrected chi connectivity index (χ4v) is 1.95. The van der Waals surface area contributed by atoms with Gasteiger partial charge >= 0.3 is 100 Å². The molecule has 4 nitrogen and oxygen atoms in total. The Balaban J connectivity index is 0.000000364. The van der Waals surface area contributed by atoms with Gasteiger partial charge in [-0.15, -0.1) is 0 Å². The Hall–Kier alpha value is 1.33. The molecule has 0 bridgehead atoms. The monoisotopic (exact) mass is 239 g/mol. The molecule has 0 aromatic rings. The predicted octanol–water partition coefficient (Wildman–Crippen LogP) is -0.955. The minimum Gasteiger partial charge on any atom is -0.402 e. The van der Waals surface area contributed by atoms with Crippen molar-refractivity contribution in [3.8, 4) is 0 Å². The number of alkyl halides is 3. The van der Waals surface area contributed by atoms with Crippen LogP contribution in [0.5, 0.6) is 0 Å². The third kappa shape index (κ3) is 6.75. The first-order valence-electron chi connectivity index (χ1n) is 4.08. The van der Waals surface area contributed by atoms with E-state index in [4.69, 9.17) is 15.1 Å². The topological polar surface area (TPSA) is 63.9 Å². The summed E-state index contributed by atoms with van der Waals surface area (Å²) in [7, 11) is -2.17. The van der Waals surface area contributed by atoms with Crippen LogP contribution in [0.4, 0.5) is 13.2 Å². The maximum absolute atomic E-state index is 12.6. The largest absolute Gasteiger partial charge is 0.631 e. The van der Waals surface area contributed by atoms with Crippen LogP contribution in [0.2, 0.25) is 0 Å². The van der Waals surface area contributed by atoms with E-state index in [2.05, 4.69) is 0 Å². The molecule has 14 heavy (non-hydrogen) atoms. The van der Waals surface area contributed by atoms with Gasteiger partial charge in [-0.25, -0.2) is 0 Å². The molecule has 78 valence electrons. The van der Waals surface area contributed by atoms with Crippen molar-refractivity contribution < 1.29 is 28.2 Å². The Kier molecular flexibility index (Phi) is 7.46. The van der Waals surface area contributed by atoms with Crippen LogP contribution in [0.1, 0.15) is 12.8 Å². The molecule has 1 unspecified atom stereocenters. The molecule has 0 amide bonds. The number of nitrogens with zero attached hydrogens (tertiary/aromatic N) is 1. The van der Waals surface area contributed by atoms with Crippen molar-refractivity contribution in [1.29, 1.82) is 0 Å². The number of hydrogen-bond acceptors (Lipinski definition) is 4. The first-order chi connectivity index (χ1) is 6.25. The van der Waals surface area contributed by atoms with Crippen LogP contribution in [0.25, 0.3) is 0 Å². The second kappa shape index (κ2) is 6.82. The molecule has 0 spiro atoms. The van der Waals surface area contributed by atoms with E-state index in [-0.39, 0.29) is 13.0 Å². The van der Waals surface area contributed by atoms with Gasteiger partial charge in [-0.1, -0.05) is 0 Å². The van der Waals surface area contributed by atoms with Crippen LogP contribution in [0.3, 0.4) is 0 Å². The van der Waals surface area contributed by atoms with Gasteiger partial charge in [-0.2, -0.15) is 0 Å². The van der Waals surface area contributed by atoms with Crippen LogP contribution in [0.15, 0.2) is 0 Å². The van der Waals surface area contributed by atoms with Gasteiger partial charge in [-0.05, 0) is 0 Å².